The molecular weight excluding hydrogens is 340 g/mol. The van der Waals surface area contributed by atoms with E-state index >= 15 is 0 Å². The van der Waals surface area contributed by atoms with E-state index in [1.807, 2.05) is 19.1 Å². The Morgan fingerprint density at radius 1 is 1.08 bits per heavy atom. The molecule has 0 aromatic heterocycles. The lowest BCUT2D eigenvalue weighted by atomic mass is 10.1. The van der Waals surface area contributed by atoms with Crippen LogP contribution < -0.4 is 15.0 Å². The van der Waals surface area contributed by atoms with Crippen molar-refractivity contribution in [2.24, 2.45) is 0 Å². The number of methoxy groups -OCH3 is 1. The molecule has 6 heteroatoms. The van der Waals surface area contributed by atoms with E-state index in [0.29, 0.717) is 23.5 Å². The molecule has 1 aliphatic rings. The van der Waals surface area contributed by atoms with Crippen LogP contribution in [0.2, 0.25) is 0 Å². The molecule has 0 bridgehead atoms. The molecular formula is C19H17ClN2O3. The van der Waals surface area contributed by atoms with Crippen LogP contribution in [0.5, 0.6) is 5.75 Å². The van der Waals surface area contributed by atoms with Crippen LogP contribution in [-0.4, -0.2) is 18.9 Å². The first-order chi connectivity index (χ1) is 12.1. The van der Waals surface area contributed by atoms with Gasteiger partial charge in [-0.25, -0.2) is 4.90 Å². The number of imide groups is 1. The minimum absolute atomic E-state index is 0.0609. The maximum atomic E-state index is 12.8. The molecule has 0 aliphatic carbocycles. The number of amides is 2. The zero-order chi connectivity index (χ0) is 18.0. The van der Waals surface area contributed by atoms with Gasteiger partial charge in [0, 0.05) is 11.8 Å². The normalized spacial score (nSPS) is 14.3. The molecule has 0 fully saturated rings. The second-order valence-corrected chi connectivity index (χ2v) is 5.85. The van der Waals surface area contributed by atoms with Crippen molar-refractivity contribution in [2.75, 3.05) is 17.3 Å². The van der Waals surface area contributed by atoms with E-state index < -0.39 is 11.8 Å². The van der Waals surface area contributed by atoms with Crippen molar-refractivity contribution in [3.8, 4) is 5.75 Å². The highest BCUT2D eigenvalue weighted by Crippen LogP contribution is 2.32. The van der Waals surface area contributed by atoms with Gasteiger partial charge in [-0.05, 0) is 30.2 Å². The summed E-state index contributed by atoms with van der Waals surface area (Å²) >= 11 is 6.16. The van der Waals surface area contributed by atoms with Crippen molar-refractivity contribution in [3.05, 3.63) is 64.8 Å². The van der Waals surface area contributed by atoms with Gasteiger partial charge in [-0.15, -0.1) is 0 Å². The molecule has 0 saturated carbocycles. The molecule has 5 nitrogen and oxygen atoms in total. The number of rotatable bonds is 5. The lowest BCUT2D eigenvalue weighted by molar-refractivity contribution is -0.120. The molecule has 1 N–H and O–H groups in total. The van der Waals surface area contributed by atoms with Gasteiger partial charge in [0.1, 0.15) is 16.5 Å². The molecule has 0 spiro atoms. The van der Waals surface area contributed by atoms with Crippen LogP contribution in [0.3, 0.4) is 0 Å². The smallest absolute Gasteiger partial charge is 0.283 e. The SMILES string of the molecule is CCc1ccccc1N1C(=O)C(Cl)=C(Nc2cccc(OC)c2)C1=O. The topological polar surface area (TPSA) is 58.6 Å². The summed E-state index contributed by atoms with van der Waals surface area (Å²) in [7, 11) is 1.55. The Balaban J connectivity index is 1.94. The lowest BCUT2D eigenvalue weighted by Crippen LogP contribution is -2.33. The second kappa shape index (κ2) is 6.99. The Hall–Kier alpha value is -2.79. The molecule has 25 heavy (non-hydrogen) atoms. The van der Waals surface area contributed by atoms with Crippen molar-refractivity contribution in [2.45, 2.75) is 13.3 Å². The summed E-state index contributed by atoms with van der Waals surface area (Å²) in [5.41, 5.74) is 2.13. The van der Waals surface area contributed by atoms with Crippen molar-refractivity contribution >= 4 is 34.8 Å². The van der Waals surface area contributed by atoms with E-state index in [0.717, 1.165) is 10.5 Å². The average Bonchev–Trinajstić information content (AvgIpc) is 2.85. The first kappa shape index (κ1) is 17.0. The predicted molar refractivity (Wildman–Crippen MR) is 97.8 cm³/mol. The fourth-order valence-corrected chi connectivity index (χ4v) is 2.92. The minimum atomic E-state index is -0.530. The fraction of sp³-hybridized carbons (Fsp3) is 0.158. The zero-order valence-electron chi connectivity index (χ0n) is 13.9. The number of halogens is 1. The highest BCUT2D eigenvalue weighted by molar-refractivity contribution is 6.53. The van der Waals surface area contributed by atoms with Gasteiger partial charge in [-0.1, -0.05) is 42.8 Å². The summed E-state index contributed by atoms with van der Waals surface area (Å²) in [5, 5.41) is 2.81. The van der Waals surface area contributed by atoms with E-state index in [9.17, 15) is 9.59 Å². The summed E-state index contributed by atoms with van der Waals surface area (Å²) in [6.07, 6.45) is 0.698. The summed E-state index contributed by atoms with van der Waals surface area (Å²) in [4.78, 5) is 26.5. The van der Waals surface area contributed by atoms with Crippen LogP contribution in [0.1, 0.15) is 12.5 Å². The van der Waals surface area contributed by atoms with Gasteiger partial charge >= 0.3 is 0 Å². The van der Waals surface area contributed by atoms with Crippen LogP contribution in [-0.2, 0) is 16.0 Å². The largest absolute Gasteiger partial charge is 0.497 e. The third-order valence-electron chi connectivity index (χ3n) is 3.98. The Morgan fingerprint density at radius 2 is 1.84 bits per heavy atom. The van der Waals surface area contributed by atoms with Gasteiger partial charge in [0.2, 0.25) is 0 Å². The molecule has 0 radical (unpaired) electrons. The lowest BCUT2D eigenvalue weighted by Gasteiger charge is -2.18. The van der Waals surface area contributed by atoms with E-state index in [1.54, 1.807) is 43.5 Å². The number of ether oxygens (including phenoxy) is 1. The summed E-state index contributed by atoms with van der Waals surface area (Å²) in [5.74, 6) is -0.372. The molecule has 0 atom stereocenters. The first-order valence-electron chi connectivity index (χ1n) is 7.84. The molecule has 1 heterocycles. The Bertz CT molecular complexity index is 876. The third kappa shape index (κ3) is 3.10. The molecule has 0 saturated heterocycles. The highest BCUT2D eigenvalue weighted by Gasteiger charge is 2.39. The number of carbonyl (C=O) groups excluding carboxylic acids is 2. The number of benzene rings is 2. The van der Waals surface area contributed by atoms with Crippen molar-refractivity contribution in [1.82, 2.24) is 0 Å². The van der Waals surface area contributed by atoms with Gasteiger partial charge in [0.05, 0.1) is 12.8 Å². The minimum Gasteiger partial charge on any atom is -0.497 e. The number of carbonyl (C=O) groups is 2. The van der Waals surface area contributed by atoms with Crippen molar-refractivity contribution < 1.29 is 14.3 Å². The van der Waals surface area contributed by atoms with E-state index in [-0.39, 0.29) is 10.7 Å². The summed E-state index contributed by atoms with van der Waals surface area (Å²) in [6.45, 7) is 1.97. The van der Waals surface area contributed by atoms with E-state index in [2.05, 4.69) is 5.32 Å². The molecule has 1 aliphatic heterocycles. The standard InChI is InChI=1S/C19H17ClN2O3/c1-3-12-7-4-5-10-15(12)22-18(23)16(20)17(19(22)24)21-13-8-6-9-14(11-13)25-2/h4-11,21H,3H2,1-2H3. The van der Waals surface area contributed by atoms with E-state index in [1.165, 1.54) is 0 Å². The second-order valence-electron chi connectivity index (χ2n) is 5.47. The van der Waals surface area contributed by atoms with Crippen LogP contribution in [0.4, 0.5) is 11.4 Å². The molecule has 0 unspecified atom stereocenters. The molecule has 2 aromatic rings. The van der Waals surface area contributed by atoms with Gasteiger partial charge < -0.3 is 10.1 Å². The van der Waals surface area contributed by atoms with Gasteiger partial charge in [0.15, 0.2) is 0 Å². The summed E-state index contributed by atoms with van der Waals surface area (Å²) in [6, 6.07) is 14.3. The van der Waals surface area contributed by atoms with Gasteiger partial charge in [-0.2, -0.15) is 0 Å². The number of anilines is 2. The Morgan fingerprint density at radius 3 is 2.56 bits per heavy atom. The van der Waals surface area contributed by atoms with Crippen LogP contribution in [0.15, 0.2) is 59.3 Å². The number of hydrogen-bond acceptors (Lipinski definition) is 4. The molecule has 128 valence electrons. The van der Waals surface area contributed by atoms with Gasteiger partial charge in [-0.3, -0.25) is 9.59 Å². The third-order valence-corrected chi connectivity index (χ3v) is 4.33. The monoisotopic (exact) mass is 356 g/mol. The fourth-order valence-electron chi connectivity index (χ4n) is 2.70. The van der Waals surface area contributed by atoms with Crippen molar-refractivity contribution in [3.63, 3.8) is 0 Å². The Kier molecular flexibility index (Phi) is 4.76. The number of aryl methyl sites for hydroxylation is 1. The Labute approximate surface area is 150 Å². The summed E-state index contributed by atoms with van der Waals surface area (Å²) < 4.78 is 5.16. The zero-order valence-corrected chi connectivity index (χ0v) is 14.6. The molecule has 2 amide bonds. The van der Waals surface area contributed by atoms with Crippen LogP contribution >= 0.6 is 11.6 Å². The van der Waals surface area contributed by atoms with E-state index in [4.69, 9.17) is 16.3 Å². The number of hydrogen-bond donors (Lipinski definition) is 1. The van der Waals surface area contributed by atoms with Crippen molar-refractivity contribution in [1.29, 1.82) is 0 Å². The highest BCUT2D eigenvalue weighted by atomic mass is 35.5. The average molecular weight is 357 g/mol. The van der Waals surface area contributed by atoms with Crippen LogP contribution in [0.25, 0.3) is 0 Å². The van der Waals surface area contributed by atoms with Gasteiger partial charge in [0.25, 0.3) is 11.8 Å². The maximum absolute atomic E-state index is 12.8. The number of nitrogens with zero attached hydrogens (tertiary/aromatic N) is 1. The first-order valence-corrected chi connectivity index (χ1v) is 8.22. The predicted octanol–water partition coefficient (Wildman–Crippen LogP) is 3.69. The quantitative estimate of drug-likeness (QED) is 0.830. The number of nitrogens with one attached hydrogen (secondary N) is 1. The maximum Gasteiger partial charge on any atom is 0.283 e. The molecule has 3 rings (SSSR count). The van der Waals surface area contributed by atoms with Crippen LogP contribution in [0, 0.1) is 0 Å². The number of para-hydroxylation sites is 1. The molecule has 2 aromatic carbocycles.